The predicted octanol–water partition coefficient (Wildman–Crippen LogP) is 1.02. The first-order valence-corrected chi connectivity index (χ1v) is 5.48. The first-order chi connectivity index (χ1) is 7.77. The van der Waals surface area contributed by atoms with Crippen LogP contribution in [0.3, 0.4) is 0 Å². The second-order valence-corrected chi connectivity index (χ2v) is 4.00. The van der Waals surface area contributed by atoms with Crippen molar-refractivity contribution in [3.05, 3.63) is 35.6 Å². The summed E-state index contributed by atoms with van der Waals surface area (Å²) in [6, 6.07) is 6.29. The van der Waals surface area contributed by atoms with Gasteiger partial charge in [0.15, 0.2) is 0 Å². The summed E-state index contributed by atoms with van der Waals surface area (Å²) in [5.41, 5.74) is 0.399. The number of hydrogen-bond donors (Lipinski definition) is 2. The van der Waals surface area contributed by atoms with E-state index in [1.807, 2.05) is 0 Å². The summed E-state index contributed by atoms with van der Waals surface area (Å²) in [6.45, 7) is 2.13. The number of morpholine rings is 1. The van der Waals surface area contributed by atoms with Crippen molar-refractivity contribution in [2.75, 3.05) is 26.3 Å². The van der Waals surface area contributed by atoms with Crippen molar-refractivity contribution in [2.45, 2.75) is 12.0 Å². The summed E-state index contributed by atoms with van der Waals surface area (Å²) in [4.78, 5) is 0. The number of hydrogen-bond acceptors (Lipinski definition) is 3. The zero-order valence-corrected chi connectivity index (χ0v) is 9.08. The number of aliphatic hydroxyl groups excluding tert-OH is 1. The lowest BCUT2D eigenvalue weighted by atomic mass is 9.89. The highest BCUT2D eigenvalue weighted by molar-refractivity contribution is 5.24. The highest BCUT2D eigenvalue weighted by Crippen LogP contribution is 2.30. The van der Waals surface area contributed by atoms with E-state index in [1.54, 1.807) is 12.1 Å². The molecule has 1 aromatic rings. The minimum Gasteiger partial charge on any atom is -0.396 e. The zero-order chi connectivity index (χ0) is 11.4. The lowest BCUT2D eigenvalue weighted by Crippen LogP contribution is -2.48. The van der Waals surface area contributed by atoms with Crippen molar-refractivity contribution >= 4 is 0 Å². The molecule has 0 amide bonds. The van der Waals surface area contributed by atoms with E-state index in [-0.39, 0.29) is 12.4 Å². The molecule has 1 aliphatic rings. The van der Waals surface area contributed by atoms with Gasteiger partial charge in [-0.05, 0) is 17.7 Å². The molecule has 0 aromatic heterocycles. The van der Waals surface area contributed by atoms with Crippen LogP contribution in [0.1, 0.15) is 12.0 Å². The van der Waals surface area contributed by atoms with Gasteiger partial charge in [-0.15, -0.1) is 0 Å². The largest absolute Gasteiger partial charge is 0.396 e. The molecule has 0 saturated carbocycles. The molecule has 0 bridgehead atoms. The maximum absolute atomic E-state index is 12.9. The molecular weight excluding hydrogens is 209 g/mol. The molecule has 1 unspecified atom stereocenters. The van der Waals surface area contributed by atoms with Gasteiger partial charge >= 0.3 is 0 Å². The van der Waals surface area contributed by atoms with Crippen LogP contribution in [0.2, 0.25) is 0 Å². The lowest BCUT2D eigenvalue weighted by Gasteiger charge is -2.38. The molecule has 16 heavy (non-hydrogen) atoms. The first-order valence-electron chi connectivity index (χ1n) is 5.48. The fourth-order valence-electron chi connectivity index (χ4n) is 2.08. The normalized spacial score (nSPS) is 25.6. The van der Waals surface area contributed by atoms with Crippen LogP contribution in [0.25, 0.3) is 0 Å². The van der Waals surface area contributed by atoms with Crippen LogP contribution in [0.5, 0.6) is 0 Å². The molecular formula is C12H16FNO2. The topological polar surface area (TPSA) is 41.5 Å². The van der Waals surface area contributed by atoms with E-state index in [1.165, 1.54) is 12.1 Å². The summed E-state index contributed by atoms with van der Waals surface area (Å²) in [6.07, 6.45) is 0.519. The molecule has 1 aliphatic heterocycles. The average molecular weight is 225 g/mol. The Balaban J connectivity index is 2.26. The smallest absolute Gasteiger partial charge is 0.123 e. The van der Waals surface area contributed by atoms with Crippen molar-refractivity contribution in [3.63, 3.8) is 0 Å². The van der Waals surface area contributed by atoms with Gasteiger partial charge in [0, 0.05) is 26.1 Å². The molecule has 0 radical (unpaired) electrons. The third kappa shape index (κ3) is 2.24. The number of nitrogens with one attached hydrogen (secondary N) is 1. The SMILES string of the molecule is OCCC1(c2ccc(F)cc2)CNCCO1. The Morgan fingerprint density at radius 2 is 2.12 bits per heavy atom. The first kappa shape index (κ1) is 11.5. The molecule has 88 valence electrons. The Hall–Kier alpha value is -0.970. The van der Waals surface area contributed by atoms with Crippen molar-refractivity contribution in [3.8, 4) is 0 Å². The van der Waals surface area contributed by atoms with Gasteiger partial charge in [0.05, 0.1) is 6.61 Å². The van der Waals surface area contributed by atoms with E-state index in [9.17, 15) is 4.39 Å². The second kappa shape index (κ2) is 4.91. The van der Waals surface area contributed by atoms with Crippen LogP contribution in [0.15, 0.2) is 24.3 Å². The lowest BCUT2D eigenvalue weighted by molar-refractivity contribution is -0.0840. The Labute approximate surface area is 94.2 Å². The van der Waals surface area contributed by atoms with Crippen molar-refractivity contribution < 1.29 is 14.2 Å². The molecule has 1 aromatic carbocycles. The Morgan fingerprint density at radius 1 is 1.38 bits per heavy atom. The van der Waals surface area contributed by atoms with Gasteiger partial charge in [-0.2, -0.15) is 0 Å². The Morgan fingerprint density at radius 3 is 2.69 bits per heavy atom. The highest BCUT2D eigenvalue weighted by Gasteiger charge is 2.34. The number of rotatable bonds is 3. The maximum atomic E-state index is 12.9. The fourth-order valence-corrected chi connectivity index (χ4v) is 2.08. The highest BCUT2D eigenvalue weighted by atomic mass is 19.1. The van der Waals surface area contributed by atoms with E-state index < -0.39 is 5.60 Å². The third-order valence-electron chi connectivity index (χ3n) is 2.95. The molecule has 1 heterocycles. The monoisotopic (exact) mass is 225 g/mol. The average Bonchev–Trinajstić information content (AvgIpc) is 2.31. The molecule has 1 atom stereocenters. The summed E-state index contributed by atoms with van der Waals surface area (Å²) in [5.74, 6) is -0.258. The van der Waals surface area contributed by atoms with E-state index in [2.05, 4.69) is 5.32 Å². The fraction of sp³-hybridized carbons (Fsp3) is 0.500. The van der Waals surface area contributed by atoms with E-state index in [0.717, 1.165) is 12.1 Å². The van der Waals surface area contributed by atoms with Crippen LogP contribution in [0.4, 0.5) is 4.39 Å². The summed E-state index contributed by atoms with van der Waals surface area (Å²) in [5, 5.41) is 12.4. The van der Waals surface area contributed by atoms with Gasteiger partial charge in [0.2, 0.25) is 0 Å². The minimum absolute atomic E-state index is 0.0546. The number of ether oxygens (including phenoxy) is 1. The van der Waals surface area contributed by atoms with Gasteiger partial charge in [0.25, 0.3) is 0 Å². The Kier molecular flexibility index (Phi) is 3.53. The number of benzene rings is 1. The summed E-state index contributed by atoms with van der Waals surface area (Å²) in [7, 11) is 0. The van der Waals surface area contributed by atoms with Crippen molar-refractivity contribution in [2.24, 2.45) is 0 Å². The van der Waals surface area contributed by atoms with Gasteiger partial charge in [-0.1, -0.05) is 12.1 Å². The van der Waals surface area contributed by atoms with Gasteiger partial charge in [-0.3, -0.25) is 0 Å². The van der Waals surface area contributed by atoms with Crippen LogP contribution in [-0.4, -0.2) is 31.4 Å². The van der Waals surface area contributed by atoms with E-state index in [0.29, 0.717) is 19.6 Å². The predicted molar refractivity (Wildman–Crippen MR) is 58.6 cm³/mol. The molecule has 0 aliphatic carbocycles. The van der Waals surface area contributed by atoms with Crippen LogP contribution in [-0.2, 0) is 10.3 Å². The van der Waals surface area contributed by atoms with Gasteiger partial charge in [0.1, 0.15) is 11.4 Å². The molecule has 2 rings (SSSR count). The van der Waals surface area contributed by atoms with Crippen LogP contribution < -0.4 is 5.32 Å². The number of aliphatic hydroxyl groups is 1. The zero-order valence-electron chi connectivity index (χ0n) is 9.08. The van der Waals surface area contributed by atoms with Crippen molar-refractivity contribution in [1.29, 1.82) is 0 Å². The molecule has 4 heteroatoms. The van der Waals surface area contributed by atoms with Crippen LogP contribution >= 0.6 is 0 Å². The third-order valence-corrected chi connectivity index (χ3v) is 2.95. The molecule has 1 saturated heterocycles. The van der Waals surface area contributed by atoms with Gasteiger partial charge < -0.3 is 15.2 Å². The van der Waals surface area contributed by atoms with Crippen molar-refractivity contribution in [1.82, 2.24) is 5.32 Å². The number of halogens is 1. The van der Waals surface area contributed by atoms with Gasteiger partial charge in [-0.25, -0.2) is 4.39 Å². The van der Waals surface area contributed by atoms with E-state index >= 15 is 0 Å². The minimum atomic E-state index is -0.513. The van der Waals surface area contributed by atoms with E-state index in [4.69, 9.17) is 9.84 Å². The molecule has 1 fully saturated rings. The molecule has 3 nitrogen and oxygen atoms in total. The summed E-state index contributed by atoms with van der Waals surface area (Å²) < 4.78 is 18.6. The summed E-state index contributed by atoms with van der Waals surface area (Å²) >= 11 is 0. The quantitative estimate of drug-likeness (QED) is 0.807. The molecule has 2 N–H and O–H groups in total. The standard InChI is InChI=1S/C12H16FNO2/c13-11-3-1-10(2-4-11)12(5-7-15)9-14-6-8-16-12/h1-4,14-15H,5-9H2. The Bertz CT molecular complexity index is 328. The molecule has 0 spiro atoms. The maximum Gasteiger partial charge on any atom is 0.123 e. The second-order valence-electron chi connectivity index (χ2n) is 4.00. The van der Waals surface area contributed by atoms with Crippen LogP contribution in [0, 0.1) is 5.82 Å².